The van der Waals surface area contributed by atoms with Crippen molar-refractivity contribution in [3.63, 3.8) is 0 Å². The van der Waals surface area contributed by atoms with Crippen LogP contribution < -0.4 is 10.6 Å². The molecule has 1 aromatic carbocycles. The summed E-state index contributed by atoms with van der Waals surface area (Å²) in [4.78, 5) is 13.9. The molecule has 4 bridgehead atoms. The van der Waals surface area contributed by atoms with E-state index in [1.165, 1.54) is 31.2 Å². The third kappa shape index (κ3) is 2.84. The van der Waals surface area contributed by atoms with Crippen molar-refractivity contribution in [1.82, 2.24) is 10.6 Å². The maximum atomic E-state index is 13.9. The summed E-state index contributed by atoms with van der Waals surface area (Å²) in [6.45, 7) is 6.65. The maximum Gasteiger partial charge on any atom is 0.226 e. The standard InChI is InChI=1S/C25H36N2O/c1-3-23-13-19-14-24(16-23,20-7-5-4-6-8-20)18-25(15-19,17-23)21(28)27-22(2)9-11-26-12-10-22/h4-8,19,26H,3,9-18H2,1-2H3,(H,27,28). The van der Waals surface area contributed by atoms with E-state index in [0.717, 1.165) is 45.2 Å². The zero-order valence-electron chi connectivity index (χ0n) is 17.7. The second kappa shape index (κ2) is 6.32. The summed E-state index contributed by atoms with van der Waals surface area (Å²) in [6, 6.07) is 11.2. The van der Waals surface area contributed by atoms with Crippen LogP contribution in [0.2, 0.25) is 0 Å². The van der Waals surface area contributed by atoms with Crippen molar-refractivity contribution in [2.45, 2.75) is 82.6 Å². The van der Waals surface area contributed by atoms with Gasteiger partial charge in [0.1, 0.15) is 0 Å². The summed E-state index contributed by atoms with van der Waals surface area (Å²) in [5.41, 5.74) is 1.87. The first-order chi connectivity index (χ1) is 13.4. The van der Waals surface area contributed by atoms with Crippen molar-refractivity contribution in [3.8, 4) is 0 Å². The van der Waals surface area contributed by atoms with Gasteiger partial charge in [-0.25, -0.2) is 0 Å². The van der Waals surface area contributed by atoms with Crippen molar-refractivity contribution < 1.29 is 4.79 Å². The summed E-state index contributed by atoms with van der Waals surface area (Å²) in [7, 11) is 0. The predicted molar refractivity (Wildman–Crippen MR) is 113 cm³/mol. The molecular formula is C25H36N2O. The van der Waals surface area contributed by atoms with Gasteiger partial charge in [0, 0.05) is 5.54 Å². The molecule has 152 valence electrons. The monoisotopic (exact) mass is 380 g/mol. The number of rotatable bonds is 4. The van der Waals surface area contributed by atoms with Crippen LogP contribution >= 0.6 is 0 Å². The predicted octanol–water partition coefficient (Wildman–Crippen LogP) is 4.56. The maximum absolute atomic E-state index is 13.9. The molecule has 4 saturated carbocycles. The molecule has 1 aromatic rings. The highest BCUT2D eigenvalue weighted by atomic mass is 16.2. The smallest absolute Gasteiger partial charge is 0.226 e. The quantitative estimate of drug-likeness (QED) is 0.804. The summed E-state index contributed by atoms with van der Waals surface area (Å²) < 4.78 is 0. The minimum absolute atomic E-state index is 0.0368. The molecule has 5 fully saturated rings. The van der Waals surface area contributed by atoms with Crippen LogP contribution in [0.25, 0.3) is 0 Å². The van der Waals surface area contributed by atoms with E-state index in [4.69, 9.17) is 0 Å². The van der Waals surface area contributed by atoms with Gasteiger partial charge in [-0.3, -0.25) is 4.79 Å². The largest absolute Gasteiger partial charge is 0.350 e. The Hall–Kier alpha value is -1.35. The van der Waals surface area contributed by atoms with Crippen LogP contribution in [0, 0.1) is 16.7 Å². The van der Waals surface area contributed by atoms with E-state index >= 15 is 0 Å². The Bertz CT molecular complexity index is 755. The van der Waals surface area contributed by atoms with Gasteiger partial charge >= 0.3 is 0 Å². The molecule has 4 aliphatic carbocycles. The second-order valence-corrected chi connectivity index (χ2v) is 11.1. The lowest BCUT2D eigenvalue weighted by Gasteiger charge is -2.66. The highest BCUT2D eigenvalue weighted by Crippen LogP contribution is 2.71. The summed E-state index contributed by atoms with van der Waals surface area (Å²) >= 11 is 0. The fraction of sp³-hybridized carbons (Fsp3) is 0.720. The molecule has 3 heteroatoms. The minimum atomic E-state index is -0.154. The van der Waals surface area contributed by atoms with Gasteiger partial charge in [0.05, 0.1) is 5.41 Å². The first-order valence-corrected chi connectivity index (χ1v) is 11.5. The third-order valence-corrected chi connectivity index (χ3v) is 8.92. The van der Waals surface area contributed by atoms with Crippen LogP contribution in [0.3, 0.4) is 0 Å². The van der Waals surface area contributed by atoms with Gasteiger partial charge < -0.3 is 10.6 Å². The Labute approximate surface area is 170 Å². The van der Waals surface area contributed by atoms with E-state index in [9.17, 15) is 4.79 Å². The molecule has 1 aliphatic heterocycles. The van der Waals surface area contributed by atoms with Crippen molar-refractivity contribution in [3.05, 3.63) is 35.9 Å². The molecule has 0 aromatic heterocycles. The number of benzene rings is 1. The second-order valence-electron chi connectivity index (χ2n) is 11.1. The van der Waals surface area contributed by atoms with Crippen molar-refractivity contribution in [2.24, 2.45) is 16.7 Å². The molecule has 6 rings (SSSR count). The van der Waals surface area contributed by atoms with Gasteiger partial charge in [-0.15, -0.1) is 0 Å². The van der Waals surface area contributed by atoms with Crippen LogP contribution in [0.4, 0.5) is 0 Å². The first kappa shape index (κ1) is 18.7. The average molecular weight is 381 g/mol. The molecule has 5 aliphatic rings. The number of hydrogen-bond acceptors (Lipinski definition) is 2. The number of carbonyl (C=O) groups is 1. The fourth-order valence-corrected chi connectivity index (χ4v) is 7.91. The van der Waals surface area contributed by atoms with Gasteiger partial charge in [0.2, 0.25) is 5.91 Å². The number of amides is 1. The normalized spacial score (nSPS) is 41.0. The summed E-state index contributed by atoms with van der Waals surface area (Å²) in [5.74, 6) is 1.09. The highest BCUT2D eigenvalue weighted by molar-refractivity contribution is 5.84. The first-order valence-electron chi connectivity index (χ1n) is 11.5. The zero-order chi connectivity index (χ0) is 19.5. The lowest BCUT2D eigenvalue weighted by atomic mass is 9.38. The zero-order valence-corrected chi connectivity index (χ0v) is 17.7. The fourth-order valence-electron chi connectivity index (χ4n) is 7.91. The van der Waals surface area contributed by atoms with E-state index in [0.29, 0.717) is 17.2 Å². The topological polar surface area (TPSA) is 41.1 Å². The Kier molecular flexibility index (Phi) is 4.21. The van der Waals surface area contributed by atoms with E-state index in [2.05, 4.69) is 54.8 Å². The molecule has 0 radical (unpaired) electrons. The van der Waals surface area contributed by atoms with Crippen LogP contribution in [-0.2, 0) is 10.2 Å². The van der Waals surface area contributed by atoms with Crippen LogP contribution in [-0.4, -0.2) is 24.5 Å². The van der Waals surface area contributed by atoms with E-state index in [1.807, 2.05) is 0 Å². The Morgan fingerprint density at radius 3 is 2.54 bits per heavy atom. The molecule has 2 N–H and O–H groups in total. The van der Waals surface area contributed by atoms with E-state index < -0.39 is 0 Å². The van der Waals surface area contributed by atoms with Crippen LogP contribution in [0.5, 0.6) is 0 Å². The van der Waals surface area contributed by atoms with Crippen molar-refractivity contribution >= 4 is 5.91 Å². The van der Waals surface area contributed by atoms with Gasteiger partial charge in [-0.2, -0.15) is 0 Å². The molecule has 1 saturated heterocycles. The molecule has 4 unspecified atom stereocenters. The molecule has 3 nitrogen and oxygen atoms in total. The molecule has 28 heavy (non-hydrogen) atoms. The lowest BCUT2D eigenvalue weighted by molar-refractivity contribution is -0.165. The average Bonchev–Trinajstić information content (AvgIpc) is 2.68. The van der Waals surface area contributed by atoms with Gasteiger partial charge in [-0.1, -0.05) is 43.7 Å². The highest BCUT2D eigenvalue weighted by Gasteiger charge is 2.65. The summed E-state index contributed by atoms with van der Waals surface area (Å²) in [5, 5.41) is 7.02. The number of carbonyl (C=O) groups excluding carboxylic acids is 1. The molecule has 1 heterocycles. The van der Waals surface area contributed by atoms with E-state index in [-0.39, 0.29) is 16.4 Å². The molecule has 4 atom stereocenters. The number of nitrogens with one attached hydrogen (secondary N) is 2. The van der Waals surface area contributed by atoms with Gasteiger partial charge in [-0.05, 0) is 93.7 Å². The SMILES string of the molecule is CCC12CC3CC(C(=O)NC4(C)CCNCC4)(C1)CC(c1ccccc1)(C3)C2. The van der Waals surface area contributed by atoms with Crippen LogP contribution in [0.15, 0.2) is 30.3 Å². The third-order valence-electron chi connectivity index (χ3n) is 8.92. The van der Waals surface area contributed by atoms with Crippen molar-refractivity contribution in [1.29, 1.82) is 0 Å². The Morgan fingerprint density at radius 2 is 1.82 bits per heavy atom. The van der Waals surface area contributed by atoms with E-state index in [1.54, 1.807) is 0 Å². The lowest BCUT2D eigenvalue weighted by Crippen LogP contribution is -2.65. The van der Waals surface area contributed by atoms with Crippen LogP contribution in [0.1, 0.15) is 77.2 Å². The minimum Gasteiger partial charge on any atom is -0.350 e. The molecule has 1 amide bonds. The number of hydrogen-bond donors (Lipinski definition) is 2. The van der Waals surface area contributed by atoms with Crippen molar-refractivity contribution in [2.75, 3.05) is 13.1 Å². The number of piperidine rings is 1. The Balaban J connectivity index is 1.50. The van der Waals surface area contributed by atoms with Gasteiger partial charge in [0.25, 0.3) is 0 Å². The molecule has 0 spiro atoms. The Morgan fingerprint density at radius 1 is 1.07 bits per heavy atom. The molecular weight excluding hydrogens is 344 g/mol. The van der Waals surface area contributed by atoms with Gasteiger partial charge in [0.15, 0.2) is 0 Å². The summed E-state index contributed by atoms with van der Waals surface area (Å²) in [6.07, 6.45) is 10.5.